The molecule has 0 aliphatic rings. The van der Waals surface area contributed by atoms with Crippen LogP contribution in [0, 0.1) is 17.0 Å². The van der Waals surface area contributed by atoms with Gasteiger partial charge in [-0.2, -0.15) is 4.31 Å². The second kappa shape index (κ2) is 5.76. The summed E-state index contributed by atoms with van der Waals surface area (Å²) in [5.41, 5.74) is 5.50. The number of rotatable bonds is 5. The molecule has 1 atom stereocenters. The Morgan fingerprint density at radius 2 is 2.00 bits per heavy atom. The van der Waals surface area contributed by atoms with Crippen LogP contribution in [0.3, 0.4) is 0 Å². The van der Waals surface area contributed by atoms with Crippen molar-refractivity contribution in [2.45, 2.75) is 38.1 Å². The van der Waals surface area contributed by atoms with Crippen LogP contribution in [0.2, 0.25) is 0 Å². The SMILES string of the molecule is CCC(C)N(C)S(=O)(=O)c1cc([N+](=O)[O-])c(N)cc1C. The van der Waals surface area contributed by atoms with E-state index < -0.39 is 20.6 Å². The summed E-state index contributed by atoms with van der Waals surface area (Å²) >= 11 is 0. The molecule has 1 unspecified atom stereocenters. The number of sulfonamides is 1. The lowest BCUT2D eigenvalue weighted by molar-refractivity contribution is -0.384. The lowest BCUT2D eigenvalue weighted by Crippen LogP contribution is -2.35. The van der Waals surface area contributed by atoms with E-state index in [1.54, 1.807) is 13.8 Å². The third-order valence-electron chi connectivity index (χ3n) is 3.39. The number of nitrogen functional groups attached to an aromatic ring is 1. The van der Waals surface area contributed by atoms with Gasteiger partial charge in [0.25, 0.3) is 5.69 Å². The first-order valence-corrected chi connectivity index (χ1v) is 7.59. The van der Waals surface area contributed by atoms with Crippen LogP contribution in [0.5, 0.6) is 0 Å². The third kappa shape index (κ3) is 2.91. The maximum absolute atomic E-state index is 12.5. The van der Waals surface area contributed by atoms with Gasteiger partial charge in [0.2, 0.25) is 10.0 Å². The zero-order valence-electron chi connectivity index (χ0n) is 12.0. The van der Waals surface area contributed by atoms with Gasteiger partial charge in [0.1, 0.15) is 5.69 Å². The molecule has 112 valence electrons. The van der Waals surface area contributed by atoms with Crippen LogP contribution in [-0.4, -0.2) is 30.7 Å². The first kappa shape index (κ1) is 16.4. The molecule has 1 aromatic carbocycles. The van der Waals surface area contributed by atoms with Gasteiger partial charge in [-0.1, -0.05) is 6.92 Å². The number of aryl methyl sites for hydroxylation is 1. The van der Waals surface area contributed by atoms with E-state index in [2.05, 4.69) is 0 Å². The van der Waals surface area contributed by atoms with Crippen LogP contribution in [0.1, 0.15) is 25.8 Å². The summed E-state index contributed by atoms with van der Waals surface area (Å²) in [5.74, 6) is 0. The highest BCUT2D eigenvalue weighted by molar-refractivity contribution is 7.89. The van der Waals surface area contributed by atoms with Gasteiger partial charge in [-0.15, -0.1) is 0 Å². The molecule has 1 rings (SSSR count). The van der Waals surface area contributed by atoms with Crippen molar-refractivity contribution in [1.82, 2.24) is 4.31 Å². The Kier molecular flexibility index (Phi) is 4.72. The Labute approximate surface area is 118 Å². The molecule has 0 aromatic heterocycles. The number of anilines is 1. The average Bonchev–Trinajstić information content (AvgIpc) is 2.35. The molecular weight excluding hydrogens is 282 g/mol. The minimum atomic E-state index is -3.78. The van der Waals surface area contributed by atoms with E-state index >= 15 is 0 Å². The van der Waals surface area contributed by atoms with E-state index in [1.807, 2.05) is 6.92 Å². The number of hydrogen-bond donors (Lipinski definition) is 1. The van der Waals surface area contributed by atoms with Crippen LogP contribution in [0.25, 0.3) is 0 Å². The molecule has 0 aliphatic carbocycles. The fourth-order valence-electron chi connectivity index (χ4n) is 1.78. The summed E-state index contributed by atoms with van der Waals surface area (Å²) < 4.78 is 26.2. The van der Waals surface area contributed by atoms with E-state index in [4.69, 9.17) is 5.73 Å². The fourth-order valence-corrected chi connectivity index (χ4v) is 3.44. The van der Waals surface area contributed by atoms with Gasteiger partial charge in [0.15, 0.2) is 0 Å². The molecule has 0 heterocycles. The van der Waals surface area contributed by atoms with E-state index in [9.17, 15) is 18.5 Å². The Hall–Kier alpha value is -1.67. The van der Waals surface area contributed by atoms with Gasteiger partial charge in [-0.3, -0.25) is 10.1 Å². The van der Waals surface area contributed by atoms with Crippen LogP contribution in [0.15, 0.2) is 17.0 Å². The molecule has 2 N–H and O–H groups in total. The molecule has 0 aliphatic heterocycles. The lowest BCUT2D eigenvalue weighted by Gasteiger charge is -2.24. The molecule has 0 saturated carbocycles. The second-order valence-electron chi connectivity index (χ2n) is 4.71. The van der Waals surface area contributed by atoms with Crippen molar-refractivity contribution in [3.05, 3.63) is 27.8 Å². The van der Waals surface area contributed by atoms with Gasteiger partial charge in [0, 0.05) is 19.2 Å². The van der Waals surface area contributed by atoms with Gasteiger partial charge in [0.05, 0.1) is 9.82 Å². The molecular formula is C12H19N3O4S. The van der Waals surface area contributed by atoms with Crippen molar-refractivity contribution >= 4 is 21.4 Å². The normalized spacial score (nSPS) is 13.4. The predicted molar refractivity (Wildman–Crippen MR) is 76.9 cm³/mol. The largest absolute Gasteiger partial charge is 0.393 e. The molecule has 0 radical (unpaired) electrons. The molecule has 0 spiro atoms. The lowest BCUT2D eigenvalue weighted by atomic mass is 10.2. The summed E-state index contributed by atoms with van der Waals surface area (Å²) in [7, 11) is -2.32. The summed E-state index contributed by atoms with van der Waals surface area (Å²) in [6.07, 6.45) is 0.645. The molecule has 20 heavy (non-hydrogen) atoms. The van der Waals surface area contributed by atoms with E-state index in [-0.39, 0.29) is 16.6 Å². The Bertz CT molecular complexity index is 628. The number of nitrogens with two attached hydrogens (primary N) is 1. The number of benzene rings is 1. The highest BCUT2D eigenvalue weighted by Crippen LogP contribution is 2.30. The maximum Gasteiger partial charge on any atom is 0.293 e. The first-order chi connectivity index (χ1) is 9.12. The predicted octanol–water partition coefficient (Wildman–Crippen LogP) is 1.90. The van der Waals surface area contributed by atoms with E-state index in [1.165, 1.54) is 17.4 Å². The quantitative estimate of drug-likeness (QED) is 0.508. The van der Waals surface area contributed by atoms with Crippen LogP contribution >= 0.6 is 0 Å². The van der Waals surface area contributed by atoms with Crippen molar-refractivity contribution in [3.8, 4) is 0 Å². The zero-order valence-corrected chi connectivity index (χ0v) is 12.8. The first-order valence-electron chi connectivity index (χ1n) is 6.15. The molecule has 0 saturated heterocycles. The van der Waals surface area contributed by atoms with Gasteiger partial charge >= 0.3 is 0 Å². The summed E-state index contributed by atoms with van der Waals surface area (Å²) in [6, 6.07) is 2.14. The Balaban J connectivity index is 3.46. The van der Waals surface area contributed by atoms with Crippen LogP contribution in [0.4, 0.5) is 11.4 Å². The van der Waals surface area contributed by atoms with Crippen molar-refractivity contribution in [2.24, 2.45) is 0 Å². The highest BCUT2D eigenvalue weighted by Gasteiger charge is 2.28. The molecule has 0 amide bonds. The standard InChI is InChI=1S/C12H19N3O4S/c1-5-9(3)14(4)20(18,19)12-7-11(15(16)17)10(13)6-8(12)2/h6-7,9H,5,13H2,1-4H3. The Morgan fingerprint density at radius 1 is 1.45 bits per heavy atom. The van der Waals surface area contributed by atoms with Crippen molar-refractivity contribution < 1.29 is 13.3 Å². The summed E-state index contributed by atoms with van der Waals surface area (Å²) in [6.45, 7) is 5.21. The van der Waals surface area contributed by atoms with E-state index in [0.29, 0.717) is 12.0 Å². The number of nitro groups is 1. The minimum Gasteiger partial charge on any atom is -0.393 e. The monoisotopic (exact) mass is 301 g/mol. The smallest absolute Gasteiger partial charge is 0.293 e. The summed E-state index contributed by atoms with van der Waals surface area (Å²) in [4.78, 5) is 10.1. The van der Waals surface area contributed by atoms with Gasteiger partial charge < -0.3 is 5.73 Å². The van der Waals surface area contributed by atoms with Crippen LogP contribution in [-0.2, 0) is 10.0 Å². The average molecular weight is 301 g/mol. The minimum absolute atomic E-state index is 0.0438. The molecule has 8 heteroatoms. The zero-order chi connectivity index (χ0) is 15.7. The van der Waals surface area contributed by atoms with Gasteiger partial charge in [-0.25, -0.2) is 8.42 Å². The third-order valence-corrected chi connectivity index (χ3v) is 5.50. The van der Waals surface area contributed by atoms with Gasteiger partial charge in [-0.05, 0) is 31.9 Å². The molecule has 0 bridgehead atoms. The van der Waals surface area contributed by atoms with E-state index in [0.717, 1.165) is 6.07 Å². The molecule has 7 nitrogen and oxygen atoms in total. The molecule has 1 aromatic rings. The topological polar surface area (TPSA) is 107 Å². The summed E-state index contributed by atoms with van der Waals surface area (Å²) in [5, 5.41) is 10.9. The second-order valence-corrected chi connectivity index (χ2v) is 6.68. The Morgan fingerprint density at radius 3 is 2.45 bits per heavy atom. The number of nitrogens with zero attached hydrogens (tertiary/aromatic N) is 2. The fraction of sp³-hybridized carbons (Fsp3) is 0.500. The van der Waals surface area contributed by atoms with Crippen LogP contribution < -0.4 is 5.73 Å². The number of nitro benzene ring substituents is 1. The van der Waals surface area contributed by atoms with Crippen molar-refractivity contribution in [2.75, 3.05) is 12.8 Å². The maximum atomic E-state index is 12.5. The van der Waals surface area contributed by atoms with Crippen molar-refractivity contribution in [3.63, 3.8) is 0 Å². The van der Waals surface area contributed by atoms with Crippen molar-refractivity contribution in [1.29, 1.82) is 0 Å². The number of hydrogen-bond acceptors (Lipinski definition) is 5. The molecule has 0 fully saturated rings. The highest BCUT2D eigenvalue weighted by atomic mass is 32.2.